The van der Waals surface area contributed by atoms with Gasteiger partial charge in [0.25, 0.3) is 0 Å². The quantitative estimate of drug-likeness (QED) is 0.481. The lowest BCUT2D eigenvalue weighted by molar-refractivity contribution is -0.388. The minimum absolute atomic E-state index is 0.0115. The molecule has 8 heteroatoms. The largest absolute Gasteiger partial charge is 0.481 e. The molecule has 1 atom stereocenters. The summed E-state index contributed by atoms with van der Waals surface area (Å²) < 4.78 is 1.44. The number of aliphatic carboxylic acids is 1. The lowest BCUT2D eigenvalue weighted by atomic mass is 10.2. The van der Waals surface area contributed by atoms with E-state index in [1.54, 1.807) is 20.9 Å². The number of carboxylic acid groups (broad SMARTS) is 1. The van der Waals surface area contributed by atoms with Gasteiger partial charge in [0, 0.05) is 12.8 Å². The summed E-state index contributed by atoms with van der Waals surface area (Å²) in [6.07, 6.45) is 0.471. The maximum atomic E-state index is 11.0. The summed E-state index contributed by atoms with van der Waals surface area (Å²) in [5.74, 6) is -1.20. The van der Waals surface area contributed by atoms with Crippen LogP contribution in [-0.4, -0.2) is 31.5 Å². The predicted molar refractivity (Wildman–Crippen MR) is 66.8 cm³/mol. The molecule has 0 aliphatic carbocycles. The normalized spacial score (nSPS) is 12.4. The highest BCUT2D eigenvalue weighted by Crippen LogP contribution is 2.33. The zero-order valence-corrected chi connectivity index (χ0v) is 11.2. The van der Waals surface area contributed by atoms with Crippen molar-refractivity contribution in [3.05, 3.63) is 15.8 Å². The smallest absolute Gasteiger partial charge is 0.323 e. The summed E-state index contributed by atoms with van der Waals surface area (Å²) in [6, 6.07) is 0. The number of nitro groups is 1. The summed E-state index contributed by atoms with van der Waals surface area (Å²) in [7, 11) is 1.62. The molecule has 0 saturated carbocycles. The summed E-state index contributed by atoms with van der Waals surface area (Å²) in [5.41, 5.74) is 0.413. The van der Waals surface area contributed by atoms with Crippen molar-refractivity contribution in [2.45, 2.75) is 25.3 Å². The van der Waals surface area contributed by atoms with Crippen molar-refractivity contribution in [3.8, 4) is 0 Å². The fraction of sp³-hybridized carbons (Fsp3) is 0.600. The van der Waals surface area contributed by atoms with E-state index in [1.165, 1.54) is 4.68 Å². The molecule has 0 fully saturated rings. The molecule has 0 aliphatic heterocycles. The highest BCUT2D eigenvalue weighted by molar-refractivity contribution is 7.99. The first-order chi connectivity index (χ1) is 8.38. The van der Waals surface area contributed by atoms with Crippen LogP contribution in [0.25, 0.3) is 0 Å². The molecule has 1 rings (SSSR count). The average molecular weight is 273 g/mol. The van der Waals surface area contributed by atoms with Gasteiger partial charge in [0.05, 0.1) is 10.8 Å². The fourth-order valence-corrected chi connectivity index (χ4v) is 2.52. The van der Waals surface area contributed by atoms with Crippen LogP contribution in [0.4, 0.5) is 5.69 Å². The van der Waals surface area contributed by atoms with Crippen LogP contribution >= 0.6 is 11.8 Å². The van der Waals surface area contributed by atoms with Gasteiger partial charge in [-0.05, 0) is 6.42 Å². The zero-order valence-electron chi connectivity index (χ0n) is 10.4. The van der Waals surface area contributed by atoms with E-state index in [9.17, 15) is 14.9 Å². The molecule has 1 heterocycles. The van der Waals surface area contributed by atoms with E-state index < -0.39 is 16.8 Å². The molecule has 1 unspecified atom stereocenters. The van der Waals surface area contributed by atoms with Crippen molar-refractivity contribution in [3.63, 3.8) is 0 Å². The van der Waals surface area contributed by atoms with Crippen molar-refractivity contribution in [1.82, 2.24) is 9.78 Å². The lowest BCUT2D eigenvalue weighted by Crippen LogP contribution is -2.12. The Labute approximate surface area is 108 Å². The van der Waals surface area contributed by atoms with E-state index in [-0.39, 0.29) is 11.4 Å². The third-order valence-corrected chi connectivity index (χ3v) is 3.85. The highest BCUT2D eigenvalue weighted by atomic mass is 32.2. The van der Waals surface area contributed by atoms with Crippen molar-refractivity contribution < 1.29 is 14.8 Å². The summed E-state index contributed by atoms with van der Waals surface area (Å²) in [4.78, 5) is 21.3. The SMILES string of the molecule is CCc1nn(C)c(SCC(C)C(=O)O)c1[N+](=O)[O-]. The Bertz CT molecular complexity index is 472. The Morgan fingerprint density at radius 2 is 2.28 bits per heavy atom. The van der Waals surface area contributed by atoms with Crippen LogP contribution in [0.15, 0.2) is 5.03 Å². The number of nitrogens with zero attached hydrogens (tertiary/aromatic N) is 3. The van der Waals surface area contributed by atoms with Crippen LogP contribution in [0.3, 0.4) is 0 Å². The molecule has 0 spiro atoms. The molecule has 0 amide bonds. The van der Waals surface area contributed by atoms with Gasteiger partial charge in [-0.25, -0.2) is 0 Å². The Hall–Kier alpha value is -1.57. The molecular formula is C10H15N3O4S. The van der Waals surface area contributed by atoms with Gasteiger partial charge in [-0.2, -0.15) is 5.10 Å². The Morgan fingerprint density at radius 3 is 2.72 bits per heavy atom. The van der Waals surface area contributed by atoms with E-state index in [1.807, 2.05) is 0 Å². The molecule has 1 N–H and O–H groups in total. The zero-order chi connectivity index (χ0) is 13.9. The van der Waals surface area contributed by atoms with Crippen LogP contribution in [0, 0.1) is 16.0 Å². The summed E-state index contributed by atoms with van der Waals surface area (Å²) in [6.45, 7) is 3.36. The topological polar surface area (TPSA) is 98.3 Å². The molecule has 1 aromatic heterocycles. The standard InChI is InChI=1S/C10H15N3O4S/c1-4-7-8(13(16)17)9(12(3)11-7)18-5-6(2)10(14)15/h6H,4-5H2,1-3H3,(H,14,15). The van der Waals surface area contributed by atoms with Gasteiger partial charge in [-0.15, -0.1) is 0 Å². The van der Waals surface area contributed by atoms with Crippen molar-refractivity contribution in [1.29, 1.82) is 0 Å². The van der Waals surface area contributed by atoms with E-state index in [2.05, 4.69) is 5.10 Å². The Kier molecular flexibility index (Phi) is 4.71. The minimum Gasteiger partial charge on any atom is -0.481 e. The van der Waals surface area contributed by atoms with Crippen molar-refractivity contribution >= 4 is 23.4 Å². The average Bonchev–Trinajstić information content (AvgIpc) is 2.62. The maximum Gasteiger partial charge on any atom is 0.323 e. The predicted octanol–water partition coefficient (Wildman–Crippen LogP) is 1.70. The Morgan fingerprint density at radius 1 is 1.67 bits per heavy atom. The van der Waals surface area contributed by atoms with E-state index in [4.69, 9.17) is 5.11 Å². The van der Waals surface area contributed by atoms with E-state index in [0.717, 1.165) is 11.8 Å². The van der Waals surface area contributed by atoms with Gasteiger partial charge in [-0.1, -0.05) is 25.6 Å². The van der Waals surface area contributed by atoms with Gasteiger partial charge in [-0.3, -0.25) is 19.6 Å². The van der Waals surface area contributed by atoms with Gasteiger partial charge < -0.3 is 5.11 Å². The van der Waals surface area contributed by atoms with Crippen LogP contribution in [0.2, 0.25) is 0 Å². The fourth-order valence-electron chi connectivity index (χ4n) is 1.41. The van der Waals surface area contributed by atoms with E-state index in [0.29, 0.717) is 17.1 Å². The van der Waals surface area contributed by atoms with Crippen LogP contribution in [0.1, 0.15) is 19.5 Å². The number of hydrogen-bond acceptors (Lipinski definition) is 5. The molecule has 18 heavy (non-hydrogen) atoms. The van der Waals surface area contributed by atoms with Gasteiger partial charge >= 0.3 is 11.7 Å². The molecule has 1 aromatic rings. The van der Waals surface area contributed by atoms with Gasteiger partial charge in [0.1, 0.15) is 5.69 Å². The Balaban J connectivity index is 2.97. The van der Waals surface area contributed by atoms with E-state index >= 15 is 0 Å². The van der Waals surface area contributed by atoms with Crippen molar-refractivity contribution in [2.75, 3.05) is 5.75 Å². The number of carbonyl (C=O) groups is 1. The summed E-state index contributed by atoms with van der Waals surface area (Å²) >= 11 is 1.15. The number of aromatic nitrogens is 2. The molecule has 0 aliphatic rings. The third kappa shape index (κ3) is 3.00. The highest BCUT2D eigenvalue weighted by Gasteiger charge is 2.26. The third-order valence-electron chi connectivity index (χ3n) is 2.45. The second kappa shape index (κ2) is 5.85. The minimum atomic E-state index is -0.914. The van der Waals surface area contributed by atoms with Crippen LogP contribution in [-0.2, 0) is 18.3 Å². The number of aryl methyl sites for hydroxylation is 2. The molecule has 7 nitrogen and oxygen atoms in total. The molecule has 0 radical (unpaired) electrons. The number of rotatable bonds is 6. The number of thioether (sulfide) groups is 1. The maximum absolute atomic E-state index is 11.0. The second-order valence-electron chi connectivity index (χ2n) is 3.89. The second-order valence-corrected chi connectivity index (χ2v) is 4.89. The van der Waals surface area contributed by atoms with Crippen LogP contribution < -0.4 is 0 Å². The molecule has 0 bridgehead atoms. The number of hydrogen-bond donors (Lipinski definition) is 1. The molecule has 0 aromatic carbocycles. The van der Waals surface area contributed by atoms with Crippen LogP contribution in [0.5, 0.6) is 0 Å². The monoisotopic (exact) mass is 273 g/mol. The first-order valence-electron chi connectivity index (χ1n) is 5.44. The molecule has 0 saturated heterocycles. The molecular weight excluding hydrogens is 258 g/mol. The summed E-state index contributed by atoms with van der Waals surface area (Å²) in [5, 5.41) is 24.3. The first kappa shape index (κ1) is 14.5. The molecule has 100 valence electrons. The van der Waals surface area contributed by atoms with Crippen molar-refractivity contribution in [2.24, 2.45) is 13.0 Å². The first-order valence-corrected chi connectivity index (χ1v) is 6.42. The lowest BCUT2D eigenvalue weighted by Gasteiger charge is -2.05. The number of carboxylic acids is 1. The van der Waals surface area contributed by atoms with Gasteiger partial charge in [0.15, 0.2) is 5.03 Å². The van der Waals surface area contributed by atoms with Gasteiger partial charge in [0.2, 0.25) is 0 Å².